The van der Waals surface area contributed by atoms with Crippen LogP contribution in [0.5, 0.6) is 0 Å². The number of aliphatic hydroxyl groups is 1. The van der Waals surface area contributed by atoms with Crippen molar-refractivity contribution in [3.05, 3.63) is 11.1 Å². The number of aromatic nitrogens is 1. The molecular weight excluding hydrogens is 274 g/mol. The minimum atomic E-state index is -3.59. The predicted molar refractivity (Wildman–Crippen MR) is 71.5 cm³/mol. The molecule has 1 aromatic rings. The molecule has 0 aliphatic heterocycles. The van der Waals surface area contributed by atoms with E-state index in [-0.39, 0.29) is 17.8 Å². The molecule has 0 atom stereocenters. The molecule has 1 rings (SSSR count). The highest BCUT2D eigenvalue weighted by Gasteiger charge is 2.13. The van der Waals surface area contributed by atoms with E-state index in [0.717, 1.165) is 11.3 Å². The first-order valence-corrected chi connectivity index (χ1v) is 7.58. The Bertz CT molecular complexity index is 540. The van der Waals surface area contributed by atoms with Gasteiger partial charge in [0, 0.05) is 12.5 Å². The van der Waals surface area contributed by atoms with Gasteiger partial charge in [-0.1, -0.05) is 23.2 Å². The summed E-state index contributed by atoms with van der Waals surface area (Å²) in [7, 11) is -3.59. The molecule has 100 valence electrons. The maximum atomic E-state index is 11.6. The van der Waals surface area contributed by atoms with Crippen LogP contribution in [0.4, 0.5) is 5.13 Å². The number of hydrogen-bond donors (Lipinski definition) is 3. The van der Waals surface area contributed by atoms with E-state index >= 15 is 0 Å². The highest BCUT2D eigenvalue weighted by molar-refractivity contribution is 7.91. The third-order valence-corrected chi connectivity index (χ3v) is 3.77. The lowest BCUT2D eigenvalue weighted by atomic mass is 10.4. The van der Waals surface area contributed by atoms with E-state index in [1.807, 2.05) is 0 Å². The Hall–Kier alpha value is -1.14. The van der Waals surface area contributed by atoms with Crippen LogP contribution in [0.1, 0.15) is 25.1 Å². The molecule has 1 heterocycles. The number of hydrogen-bond acceptors (Lipinski definition) is 5. The van der Waals surface area contributed by atoms with Crippen LogP contribution < -0.4 is 9.44 Å². The van der Waals surface area contributed by atoms with Crippen molar-refractivity contribution in [2.45, 2.75) is 26.3 Å². The first-order valence-electron chi connectivity index (χ1n) is 5.28. The van der Waals surface area contributed by atoms with Gasteiger partial charge in [0.1, 0.15) is 0 Å². The van der Waals surface area contributed by atoms with Gasteiger partial charge in [-0.05, 0) is 13.8 Å². The van der Waals surface area contributed by atoms with Crippen molar-refractivity contribution >= 4 is 26.7 Å². The van der Waals surface area contributed by atoms with Crippen molar-refractivity contribution in [2.24, 2.45) is 0 Å². The average Bonchev–Trinajstić information content (AvgIpc) is 2.63. The fraction of sp³-hybridized carbons (Fsp3) is 0.500. The van der Waals surface area contributed by atoms with E-state index in [4.69, 9.17) is 5.11 Å². The van der Waals surface area contributed by atoms with Crippen molar-refractivity contribution in [2.75, 3.05) is 11.3 Å². The first-order chi connectivity index (χ1) is 8.43. The lowest BCUT2D eigenvalue weighted by Crippen LogP contribution is -2.35. The number of anilines is 1. The molecule has 1 aromatic heterocycles. The molecule has 0 saturated heterocycles. The third kappa shape index (κ3) is 5.46. The van der Waals surface area contributed by atoms with E-state index in [1.54, 1.807) is 13.8 Å². The van der Waals surface area contributed by atoms with Gasteiger partial charge in [-0.2, -0.15) is 13.1 Å². The number of aliphatic hydroxyl groups excluding tert-OH is 1. The van der Waals surface area contributed by atoms with Crippen LogP contribution >= 0.6 is 11.3 Å². The maximum Gasteiger partial charge on any atom is 0.301 e. The molecule has 0 aliphatic carbocycles. The Morgan fingerprint density at radius 2 is 2.28 bits per heavy atom. The smallest absolute Gasteiger partial charge is 0.301 e. The molecule has 0 amide bonds. The van der Waals surface area contributed by atoms with Crippen LogP contribution in [-0.2, 0) is 10.2 Å². The quantitative estimate of drug-likeness (QED) is 0.690. The summed E-state index contributed by atoms with van der Waals surface area (Å²) in [5, 5.41) is 8.83. The summed E-state index contributed by atoms with van der Waals surface area (Å²) in [6.07, 6.45) is 1.87. The Morgan fingerprint density at radius 3 is 2.89 bits per heavy atom. The summed E-state index contributed by atoms with van der Waals surface area (Å²) in [5.74, 6) is 5.52. The second-order valence-electron chi connectivity index (χ2n) is 3.68. The SMILES string of the molecule is CC(C)NS(=O)(=O)Nc1ncc(C#CCCO)s1. The van der Waals surface area contributed by atoms with E-state index in [9.17, 15) is 8.42 Å². The molecule has 0 spiro atoms. The van der Waals surface area contributed by atoms with Gasteiger partial charge in [0.15, 0.2) is 5.13 Å². The van der Waals surface area contributed by atoms with E-state index in [0.29, 0.717) is 11.3 Å². The second kappa shape index (κ2) is 6.70. The summed E-state index contributed by atoms with van der Waals surface area (Å²) >= 11 is 1.14. The van der Waals surface area contributed by atoms with Gasteiger partial charge >= 0.3 is 10.2 Å². The summed E-state index contributed by atoms with van der Waals surface area (Å²) < 4.78 is 27.8. The Balaban J connectivity index is 2.68. The van der Waals surface area contributed by atoms with Gasteiger partial charge in [-0.15, -0.1) is 0 Å². The van der Waals surface area contributed by atoms with Crippen molar-refractivity contribution in [3.8, 4) is 11.8 Å². The first kappa shape index (κ1) is 14.9. The zero-order valence-electron chi connectivity index (χ0n) is 10.1. The number of rotatable bonds is 5. The predicted octanol–water partition coefficient (Wildman–Crippen LogP) is 0.532. The fourth-order valence-corrected chi connectivity index (χ4v) is 3.04. The summed E-state index contributed by atoms with van der Waals surface area (Å²) in [6, 6.07) is -0.189. The van der Waals surface area contributed by atoms with E-state index in [1.165, 1.54) is 6.20 Å². The second-order valence-corrected chi connectivity index (χ2v) is 6.16. The van der Waals surface area contributed by atoms with Crippen molar-refractivity contribution in [1.29, 1.82) is 0 Å². The molecule has 0 bridgehead atoms. The van der Waals surface area contributed by atoms with Gasteiger partial charge in [-0.3, -0.25) is 0 Å². The maximum absolute atomic E-state index is 11.6. The summed E-state index contributed by atoms with van der Waals surface area (Å²) in [6.45, 7) is 3.46. The molecule has 3 N–H and O–H groups in total. The lowest BCUT2D eigenvalue weighted by molar-refractivity contribution is 0.305. The highest BCUT2D eigenvalue weighted by atomic mass is 32.2. The van der Waals surface area contributed by atoms with Crippen LogP contribution in [0.3, 0.4) is 0 Å². The Kier molecular flexibility index (Phi) is 5.55. The topological polar surface area (TPSA) is 91.3 Å². The van der Waals surface area contributed by atoms with E-state index < -0.39 is 10.2 Å². The van der Waals surface area contributed by atoms with Gasteiger partial charge in [-0.25, -0.2) is 9.71 Å². The van der Waals surface area contributed by atoms with Crippen LogP contribution in [0.15, 0.2) is 6.20 Å². The van der Waals surface area contributed by atoms with Crippen LogP contribution in [0.2, 0.25) is 0 Å². The molecule has 8 heteroatoms. The lowest BCUT2D eigenvalue weighted by Gasteiger charge is -2.08. The molecule has 0 saturated carbocycles. The summed E-state index contributed by atoms with van der Waals surface area (Å²) in [4.78, 5) is 4.55. The number of nitrogens with zero attached hydrogens (tertiary/aromatic N) is 1. The molecule has 0 radical (unpaired) electrons. The normalized spacial score (nSPS) is 11.1. The van der Waals surface area contributed by atoms with Crippen molar-refractivity contribution < 1.29 is 13.5 Å². The van der Waals surface area contributed by atoms with Crippen LogP contribution in [-0.4, -0.2) is 31.2 Å². The largest absolute Gasteiger partial charge is 0.395 e. The zero-order chi connectivity index (χ0) is 13.6. The molecule has 6 nitrogen and oxygen atoms in total. The van der Waals surface area contributed by atoms with Crippen molar-refractivity contribution in [3.63, 3.8) is 0 Å². The van der Waals surface area contributed by atoms with Crippen LogP contribution in [0.25, 0.3) is 0 Å². The van der Waals surface area contributed by atoms with Gasteiger partial charge in [0.05, 0.1) is 17.7 Å². The molecule has 0 unspecified atom stereocenters. The minimum absolute atomic E-state index is 0.00357. The van der Waals surface area contributed by atoms with Gasteiger partial charge < -0.3 is 5.11 Å². The third-order valence-electron chi connectivity index (χ3n) is 1.57. The van der Waals surface area contributed by atoms with Gasteiger partial charge in [0.2, 0.25) is 0 Å². The van der Waals surface area contributed by atoms with E-state index in [2.05, 4.69) is 26.3 Å². The fourth-order valence-electron chi connectivity index (χ4n) is 1.04. The monoisotopic (exact) mass is 289 g/mol. The standard InChI is InChI=1S/C10H15N3O3S2/c1-8(2)12-18(15,16)13-10-11-7-9(17-10)5-3-4-6-14/h7-8,12,14H,4,6H2,1-2H3,(H,11,13). The molecule has 0 fully saturated rings. The number of nitrogens with one attached hydrogen (secondary N) is 2. The van der Waals surface area contributed by atoms with Gasteiger partial charge in [0.25, 0.3) is 0 Å². The average molecular weight is 289 g/mol. The molecule has 18 heavy (non-hydrogen) atoms. The molecular formula is C10H15N3O3S2. The highest BCUT2D eigenvalue weighted by Crippen LogP contribution is 2.17. The van der Waals surface area contributed by atoms with Crippen molar-refractivity contribution in [1.82, 2.24) is 9.71 Å². The Morgan fingerprint density at radius 1 is 1.56 bits per heavy atom. The molecule has 0 aliphatic rings. The minimum Gasteiger partial charge on any atom is -0.395 e. The molecule has 0 aromatic carbocycles. The zero-order valence-corrected chi connectivity index (χ0v) is 11.7. The summed E-state index contributed by atoms with van der Waals surface area (Å²) in [5.41, 5.74) is 0. The Labute approximate surface area is 111 Å². The van der Waals surface area contributed by atoms with Crippen LogP contribution in [0, 0.1) is 11.8 Å². The number of thiazole rings is 1.